The quantitative estimate of drug-likeness (QED) is 0.0999. The van der Waals surface area contributed by atoms with Crippen molar-refractivity contribution in [3.8, 4) is 17.2 Å². The van der Waals surface area contributed by atoms with Gasteiger partial charge in [-0.1, -0.05) is 36.2 Å². The van der Waals surface area contributed by atoms with E-state index in [1.54, 1.807) is 18.0 Å². The Labute approximate surface area is 319 Å². The molecule has 2 heterocycles. The minimum Gasteiger partial charge on any atom is -0.459 e. The number of aliphatic hydroxyl groups is 2. The summed E-state index contributed by atoms with van der Waals surface area (Å²) in [4.78, 5) is 21.1. The Morgan fingerprint density at radius 3 is 2.50 bits per heavy atom. The first-order valence-electron chi connectivity index (χ1n) is 19.7. The van der Waals surface area contributed by atoms with Crippen LogP contribution in [-0.4, -0.2) is 85.6 Å². The maximum Gasteiger partial charge on any atom is 0.409 e. The lowest BCUT2D eigenvalue weighted by Gasteiger charge is -2.59. The van der Waals surface area contributed by atoms with E-state index in [1.165, 1.54) is 12.7 Å². The van der Waals surface area contributed by atoms with E-state index < -0.39 is 30.1 Å². The lowest BCUT2D eigenvalue weighted by Crippen LogP contribution is -2.69. The number of ether oxygens (including phenoxy) is 5. The number of benzene rings is 2. The van der Waals surface area contributed by atoms with Gasteiger partial charge in [0.1, 0.15) is 23.3 Å². The monoisotopic (exact) mass is 746 g/mol. The summed E-state index contributed by atoms with van der Waals surface area (Å²) in [6.45, 7) is 9.17. The summed E-state index contributed by atoms with van der Waals surface area (Å²) >= 11 is 0. The Morgan fingerprint density at radius 1 is 1.04 bits per heavy atom. The molecule has 2 N–H and O–H groups in total. The van der Waals surface area contributed by atoms with Gasteiger partial charge < -0.3 is 43.6 Å². The van der Waals surface area contributed by atoms with Crippen LogP contribution in [0.5, 0.6) is 17.2 Å². The molecule has 2 aromatic carbocycles. The zero-order chi connectivity index (χ0) is 38.2. The summed E-state index contributed by atoms with van der Waals surface area (Å²) in [7, 11) is 3.08. The van der Waals surface area contributed by atoms with Crippen molar-refractivity contribution in [2.75, 3.05) is 40.6 Å². The lowest BCUT2D eigenvalue weighted by molar-refractivity contribution is -0.253. The van der Waals surface area contributed by atoms with Gasteiger partial charge >= 0.3 is 6.09 Å². The zero-order valence-electron chi connectivity index (χ0n) is 32.3. The van der Waals surface area contributed by atoms with Crippen LogP contribution in [0.3, 0.4) is 0 Å². The number of likely N-dealkylation sites (N-methyl/N-ethyl adjacent to an activating group) is 1. The Balaban J connectivity index is 1.55. The molecule has 11 heteroatoms. The Morgan fingerprint density at radius 2 is 1.80 bits per heavy atom. The summed E-state index contributed by atoms with van der Waals surface area (Å²) in [5.41, 5.74) is 5.01. The molecule has 0 aromatic heterocycles. The second kappa shape index (κ2) is 18.2. The Kier molecular flexibility index (Phi) is 13.4. The molecule has 1 saturated heterocycles. The van der Waals surface area contributed by atoms with Crippen LogP contribution in [0.1, 0.15) is 86.8 Å². The van der Waals surface area contributed by atoms with Gasteiger partial charge in [0.05, 0.1) is 32.0 Å². The number of nitrogens with zero attached hydrogens (tertiary/aromatic N) is 2. The number of unbranched alkanes of at least 4 members (excludes halogenated alkanes) is 2. The Bertz CT molecular complexity index is 1670. The molecule has 0 spiro atoms. The highest BCUT2D eigenvalue weighted by Gasteiger charge is 2.65. The molecule has 6 rings (SSSR count). The molecule has 4 aliphatic rings. The largest absolute Gasteiger partial charge is 0.459 e. The number of amides is 1. The lowest BCUT2D eigenvalue weighted by atomic mass is 9.55. The Hall–Kier alpha value is -3.90. The molecule has 54 heavy (non-hydrogen) atoms. The molecule has 0 bridgehead atoms. The van der Waals surface area contributed by atoms with Crippen LogP contribution in [0.2, 0.25) is 0 Å². The summed E-state index contributed by atoms with van der Waals surface area (Å²) in [5.74, 6) is 0.380. The van der Waals surface area contributed by atoms with Crippen LogP contribution in [0.15, 0.2) is 65.9 Å². The first kappa shape index (κ1) is 39.8. The van der Waals surface area contributed by atoms with Crippen LogP contribution in [0.4, 0.5) is 4.79 Å². The van der Waals surface area contributed by atoms with E-state index in [-0.39, 0.29) is 44.0 Å². The van der Waals surface area contributed by atoms with Crippen LogP contribution in [0.25, 0.3) is 0 Å². The average Bonchev–Trinajstić information content (AvgIpc) is 3.19. The van der Waals surface area contributed by atoms with Gasteiger partial charge in [0, 0.05) is 44.6 Å². The van der Waals surface area contributed by atoms with E-state index >= 15 is 0 Å². The molecule has 1 unspecified atom stereocenters. The summed E-state index contributed by atoms with van der Waals surface area (Å²) in [6, 6.07) is 11.4. The van der Waals surface area contributed by atoms with Crippen molar-refractivity contribution in [3.05, 3.63) is 77.4 Å². The van der Waals surface area contributed by atoms with Crippen molar-refractivity contribution < 1.29 is 43.5 Å². The van der Waals surface area contributed by atoms with Gasteiger partial charge in [-0.05, 0) is 111 Å². The van der Waals surface area contributed by atoms with E-state index in [0.717, 1.165) is 67.4 Å². The van der Waals surface area contributed by atoms with E-state index in [1.807, 2.05) is 24.3 Å². The third-order valence-electron chi connectivity index (χ3n) is 11.7. The van der Waals surface area contributed by atoms with Crippen LogP contribution >= 0.6 is 0 Å². The highest BCUT2D eigenvalue weighted by atomic mass is 16.8. The summed E-state index contributed by atoms with van der Waals surface area (Å²) in [6.07, 6.45) is 10.8. The normalized spacial score (nSPS) is 27.9. The third kappa shape index (κ3) is 8.34. The minimum absolute atomic E-state index is 0.0984. The number of aliphatic hydroxyl groups excluding tert-OH is 2. The van der Waals surface area contributed by atoms with Crippen LogP contribution in [0, 0.1) is 31.6 Å². The molecule has 2 aliphatic carbocycles. The number of methoxy groups -OCH3 is 1. The smallest absolute Gasteiger partial charge is 0.409 e. The zero-order valence-corrected chi connectivity index (χ0v) is 32.3. The van der Waals surface area contributed by atoms with Gasteiger partial charge in [-0.15, -0.1) is 6.58 Å². The molecule has 1 saturated carbocycles. The van der Waals surface area contributed by atoms with Gasteiger partial charge in [0.25, 0.3) is 0 Å². The van der Waals surface area contributed by atoms with E-state index in [9.17, 15) is 15.0 Å². The number of hydrogen-bond acceptors (Lipinski definition) is 10. The van der Waals surface area contributed by atoms with E-state index in [2.05, 4.69) is 38.6 Å². The SMILES string of the molecule is C=CCO[C@@]12Oc3ccc(Oc4ccc(C)c(C)c4)cc3[C@H]3[C@H](CCCCO)[C@@H](CCCCO)C=C(C(=NOC4CCCCO4)C[C@@H]1N(C)C(=O)OC)[C@H]32. The number of carbonyl (C=O) groups excluding carboxylic acids is 1. The highest BCUT2D eigenvalue weighted by Crippen LogP contribution is 2.62. The van der Waals surface area contributed by atoms with Crippen molar-refractivity contribution in [1.82, 2.24) is 4.90 Å². The number of carbonyl (C=O) groups is 1. The van der Waals surface area contributed by atoms with Crippen molar-refractivity contribution >= 4 is 11.8 Å². The van der Waals surface area contributed by atoms with Crippen molar-refractivity contribution in [1.29, 1.82) is 0 Å². The molecule has 294 valence electrons. The standard InChI is InChI=1S/C43H58N2O9/c1-6-22-51-43-38(45(4)42(48)49-5)27-36(44-54-39-15-9-12-23-50-39)34-25-30(13-7-10-20-46)33(14-8-11-21-47)40(41(34)43)35-26-32(18-19-37(35)53-43)52-31-17-16-28(2)29(3)24-31/h6,16-19,24-26,30,33,38-41,46-47H,1,7-15,20-23,27H2,2-5H3/t30-,33+,38-,39?,40+,41+,43+/m0/s1. The average molecular weight is 747 g/mol. The number of aryl methyl sites for hydroxylation is 2. The molecule has 1 amide bonds. The second-order valence-corrected chi connectivity index (χ2v) is 15.1. The van der Waals surface area contributed by atoms with Gasteiger partial charge in [0.15, 0.2) is 0 Å². The summed E-state index contributed by atoms with van der Waals surface area (Å²) < 4.78 is 31.8. The van der Waals surface area contributed by atoms with Crippen LogP contribution < -0.4 is 9.47 Å². The number of rotatable bonds is 16. The predicted molar refractivity (Wildman–Crippen MR) is 206 cm³/mol. The van der Waals surface area contributed by atoms with Gasteiger partial charge in [-0.2, -0.15) is 0 Å². The maximum atomic E-state index is 13.4. The van der Waals surface area contributed by atoms with Gasteiger partial charge in [0.2, 0.25) is 12.1 Å². The molecular weight excluding hydrogens is 688 g/mol. The first-order valence-corrected chi connectivity index (χ1v) is 19.7. The van der Waals surface area contributed by atoms with Gasteiger partial charge in [-0.25, -0.2) is 4.79 Å². The van der Waals surface area contributed by atoms with Crippen molar-refractivity contribution in [2.45, 2.75) is 102 Å². The fourth-order valence-corrected chi connectivity index (χ4v) is 8.89. The number of oxime groups is 1. The molecule has 2 fully saturated rings. The van der Waals surface area contributed by atoms with Crippen molar-refractivity contribution in [2.24, 2.45) is 22.9 Å². The first-order chi connectivity index (χ1) is 26.2. The highest BCUT2D eigenvalue weighted by molar-refractivity contribution is 6.02. The minimum atomic E-state index is -1.34. The number of fused-ring (bicyclic) bond motifs is 2. The summed E-state index contributed by atoms with van der Waals surface area (Å²) in [5, 5.41) is 24.5. The van der Waals surface area contributed by atoms with Crippen LogP contribution in [-0.2, 0) is 19.0 Å². The molecule has 0 radical (unpaired) electrons. The van der Waals surface area contributed by atoms with Crippen molar-refractivity contribution in [3.63, 3.8) is 0 Å². The molecule has 2 aliphatic heterocycles. The topological polar surface area (TPSA) is 129 Å². The molecule has 2 aromatic rings. The fourth-order valence-electron chi connectivity index (χ4n) is 8.89. The fraction of sp³-hybridized carbons (Fsp3) is 0.581. The molecule has 11 nitrogen and oxygen atoms in total. The second-order valence-electron chi connectivity index (χ2n) is 15.1. The molecule has 7 atom stereocenters. The molecular formula is C43H58N2O9. The third-order valence-corrected chi connectivity index (χ3v) is 11.7. The maximum absolute atomic E-state index is 13.4. The van der Waals surface area contributed by atoms with E-state index in [4.69, 9.17) is 33.7 Å². The predicted octanol–water partition coefficient (Wildman–Crippen LogP) is 7.95. The number of hydrogen-bond donors (Lipinski definition) is 2. The number of allylic oxidation sites excluding steroid dienone is 1. The van der Waals surface area contributed by atoms with Gasteiger partial charge in [-0.3, -0.25) is 0 Å². The van der Waals surface area contributed by atoms with E-state index in [0.29, 0.717) is 36.7 Å².